The van der Waals surface area contributed by atoms with E-state index < -0.39 is 23.0 Å². The van der Waals surface area contributed by atoms with E-state index in [4.69, 9.17) is 0 Å². The number of pyridine rings is 1. The van der Waals surface area contributed by atoms with Crippen LogP contribution in [0.25, 0.3) is 22.3 Å². The summed E-state index contributed by atoms with van der Waals surface area (Å²) in [6, 6.07) is 11.7. The molecule has 1 saturated heterocycles. The van der Waals surface area contributed by atoms with E-state index in [1.165, 1.54) is 0 Å². The summed E-state index contributed by atoms with van der Waals surface area (Å²) in [5, 5.41) is 20.7. The molecule has 0 atom stereocenters. The van der Waals surface area contributed by atoms with Crippen LogP contribution in [0, 0.1) is 35.7 Å². The van der Waals surface area contributed by atoms with Crippen molar-refractivity contribution in [2.75, 3.05) is 31.1 Å². The number of aromatic nitrogens is 3. The zero-order chi connectivity index (χ0) is 23.8. The number of halogens is 4. The van der Waals surface area contributed by atoms with Gasteiger partial charge in [-0.1, -0.05) is 12.1 Å². The quantitative estimate of drug-likeness (QED) is 0.400. The third-order valence-electron chi connectivity index (χ3n) is 6.25. The number of anilines is 1. The lowest BCUT2D eigenvalue weighted by Crippen LogP contribution is -2.43. The number of nitrogens with zero attached hydrogens (tertiary/aromatic N) is 4. The largest absolute Gasteiger partial charge is 0.369 e. The fourth-order valence-electron chi connectivity index (χ4n) is 4.44. The van der Waals surface area contributed by atoms with Crippen LogP contribution in [0.4, 0.5) is 18.9 Å². The molecule has 2 aromatic carbocycles. The van der Waals surface area contributed by atoms with E-state index >= 15 is 0 Å². The van der Waals surface area contributed by atoms with Crippen molar-refractivity contribution in [2.24, 2.45) is 0 Å². The molecule has 0 radical (unpaired) electrons. The summed E-state index contributed by atoms with van der Waals surface area (Å²) >= 11 is 0. The lowest BCUT2D eigenvalue weighted by molar-refractivity contribution is 0.482. The van der Waals surface area contributed by atoms with Gasteiger partial charge >= 0.3 is 0 Å². The van der Waals surface area contributed by atoms with Gasteiger partial charge in [-0.25, -0.2) is 18.2 Å². The van der Waals surface area contributed by atoms with Gasteiger partial charge in [-0.15, -0.1) is 12.4 Å². The van der Waals surface area contributed by atoms with Gasteiger partial charge in [-0.2, -0.15) is 10.4 Å². The highest BCUT2D eigenvalue weighted by molar-refractivity contribution is 5.88. The van der Waals surface area contributed by atoms with Crippen molar-refractivity contribution in [3.8, 4) is 17.3 Å². The van der Waals surface area contributed by atoms with Crippen LogP contribution >= 0.6 is 12.4 Å². The van der Waals surface area contributed by atoms with Crippen molar-refractivity contribution in [2.45, 2.75) is 13.3 Å². The first-order valence-corrected chi connectivity index (χ1v) is 10.9. The molecule has 0 amide bonds. The number of aromatic amines is 1. The molecule has 1 aliphatic rings. The van der Waals surface area contributed by atoms with Crippen molar-refractivity contribution in [1.82, 2.24) is 20.5 Å². The molecule has 3 heterocycles. The van der Waals surface area contributed by atoms with Crippen molar-refractivity contribution in [1.29, 1.82) is 5.26 Å². The molecule has 35 heavy (non-hydrogen) atoms. The molecule has 0 unspecified atom stereocenters. The molecule has 180 valence electrons. The minimum atomic E-state index is -1.24. The van der Waals surface area contributed by atoms with E-state index in [-0.39, 0.29) is 18.8 Å². The van der Waals surface area contributed by atoms with Crippen molar-refractivity contribution >= 4 is 29.1 Å². The minimum Gasteiger partial charge on any atom is -0.369 e. The van der Waals surface area contributed by atoms with E-state index in [0.29, 0.717) is 33.5 Å². The predicted molar refractivity (Wildman–Crippen MR) is 130 cm³/mol. The summed E-state index contributed by atoms with van der Waals surface area (Å²) in [5.74, 6) is -3.22. The average molecular weight is 499 g/mol. The Morgan fingerprint density at radius 2 is 1.71 bits per heavy atom. The Morgan fingerprint density at radius 1 is 1.03 bits per heavy atom. The number of nitrogens with one attached hydrogen (secondary N) is 2. The van der Waals surface area contributed by atoms with Crippen LogP contribution in [0.15, 0.2) is 36.4 Å². The SMILES string of the molecule is Cc1c(C#N)c(-c2ccc(N3CCNCC3)cc2)nc2n[nH]c(Cc3c(F)ccc(F)c3F)c12.Cl. The van der Waals surface area contributed by atoms with Crippen LogP contribution in [0.2, 0.25) is 0 Å². The van der Waals surface area contributed by atoms with Gasteiger partial charge in [-0.05, 0) is 36.8 Å². The first kappa shape index (κ1) is 24.5. The number of fused-ring (bicyclic) bond motifs is 1. The summed E-state index contributed by atoms with van der Waals surface area (Å²) in [7, 11) is 0. The lowest BCUT2D eigenvalue weighted by Gasteiger charge is -2.29. The van der Waals surface area contributed by atoms with Crippen LogP contribution in [0.3, 0.4) is 0 Å². The van der Waals surface area contributed by atoms with Crippen LogP contribution < -0.4 is 10.2 Å². The summed E-state index contributed by atoms with van der Waals surface area (Å²) in [6.45, 7) is 5.47. The fraction of sp³-hybridized carbons (Fsp3) is 0.240. The molecule has 2 N–H and O–H groups in total. The molecule has 1 fully saturated rings. The smallest absolute Gasteiger partial charge is 0.182 e. The van der Waals surface area contributed by atoms with Crippen LogP contribution in [-0.4, -0.2) is 41.4 Å². The van der Waals surface area contributed by atoms with Crippen LogP contribution in [0.1, 0.15) is 22.4 Å². The molecule has 5 rings (SSSR count). The van der Waals surface area contributed by atoms with Gasteiger partial charge in [0.15, 0.2) is 17.3 Å². The highest BCUT2D eigenvalue weighted by Gasteiger charge is 2.22. The third-order valence-corrected chi connectivity index (χ3v) is 6.25. The maximum absolute atomic E-state index is 14.2. The predicted octanol–water partition coefficient (Wildman–Crippen LogP) is 4.64. The second-order valence-corrected chi connectivity index (χ2v) is 8.26. The molecule has 0 aliphatic carbocycles. The molecule has 1 aliphatic heterocycles. The zero-order valence-corrected chi connectivity index (χ0v) is 19.6. The summed E-state index contributed by atoms with van der Waals surface area (Å²) in [4.78, 5) is 6.88. The Balaban J connectivity index is 0.00000289. The Hall–Kier alpha value is -3.61. The van der Waals surface area contributed by atoms with Crippen LogP contribution in [0.5, 0.6) is 0 Å². The molecule has 6 nitrogen and oxygen atoms in total. The zero-order valence-electron chi connectivity index (χ0n) is 18.8. The number of H-pyrrole nitrogens is 1. The number of hydrogen-bond acceptors (Lipinski definition) is 5. The van der Waals surface area contributed by atoms with Gasteiger partial charge in [0.05, 0.1) is 11.3 Å². The third kappa shape index (κ3) is 4.43. The fourth-order valence-corrected chi connectivity index (χ4v) is 4.44. The minimum absolute atomic E-state index is 0. The summed E-state index contributed by atoms with van der Waals surface area (Å²) in [6.07, 6.45) is -0.252. The van der Waals surface area contributed by atoms with E-state index in [0.717, 1.165) is 49.6 Å². The summed E-state index contributed by atoms with van der Waals surface area (Å²) < 4.78 is 42.1. The van der Waals surface area contributed by atoms with Crippen molar-refractivity contribution < 1.29 is 13.2 Å². The van der Waals surface area contributed by atoms with E-state index in [1.54, 1.807) is 6.92 Å². The lowest BCUT2D eigenvalue weighted by atomic mass is 9.97. The van der Waals surface area contributed by atoms with E-state index in [1.807, 2.05) is 24.3 Å². The van der Waals surface area contributed by atoms with Gasteiger partial charge in [0.1, 0.15) is 11.9 Å². The van der Waals surface area contributed by atoms with Gasteiger partial charge in [0.25, 0.3) is 0 Å². The number of aryl methyl sites for hydroxylation is 1. The maximum atomic E-state index is 14.2. The first-order valence-electron chi connectivity index (χ1n) is 10.9. The Bertz CT molecular complexity index is 1420. The topological polar surface area (TPSA) is 80.6 Å². The van der Waals surface area contributed by atoms with Crippen molar-refractivity contribution in [3.63, 3.8) is 0 Å². The van der Waals surface area contributed by atoms with E-state index in [2.05, 4.69) is 31.5 Å². The Kier molecular flexibility index (Phi) is 6.96. The van der Waals surface area contributed by atoms with Crippen LogP contribution in [-0.2, 0) is 6.42 Å². The molecule has 10 heteroatoms. The second kappa shape index (κ2) is 9.94. The molecule has 0 saturated carbocycles. The van der Waals surface area contributed by atoms with Gasteiger partial charge in [0, 0.05) is 60.5 Å². The second-order valence-electron chi connectivity index (χ2n) is 8.26. The van der Waals surface area contributed by atoms with Crippen molar-refractivity contribution in [3.05, 3.63) is 76.2 Å². The monoisotopic (exact) mass is 498 g/mol. The highest BCUT2D eigenvalue weighted by atomic mass is 35.5. The molecular formula is C25H22ClF3N6. The Morgan fingerprint density at radius 3 is 2.40 bits per heavy atom. The summed E-state index contributed by atoms with van der Waals surface area (Å²) in [5.41, 5.74) is 3.58. The molecule has 0 spiro atoms. The number of benzene rings is 2. The molecule has 0 bridgehead atoms. The number of rotatable bonds is 4. The normalized spacial score (nSPS) is 13.5. The number of hydrogen-bond donors (Lipinski definition) is 2. The molecular weight excluding hydrogens is 477 g/mol. The van der Waals surface area contributed by atoms with Gasteiger partial charge in [0.2, 0.25) is 0 Å². The standard InChI is InChI=1S/C25H21F3N6.ClH/c1-14-18(13-29)24(15-2-4-16(5-3-15)34-10-8-30-9-11-34)31-25-22(14)21(32-33-25)12-17-19(26)6-7-20(27)23(17)28;/h2-7,30H,8-12H2,1H3,(H,31,32,33);1H. The molecule has 2 aromatic heterocycles. The maximum Gasteiger partial charge on any atom is 0.182 e. The molecule has 4 aromatic rings. The number of piperazine rings is 1. The highest BCUT2D eigenvalue weighted by Crippen LogP contribution is 2.32. The Labute approximate surface area is 206 Å². The average Bonchev–Trinajstić information content (AvgIpc) is 3.28. The van der Waals surface area contributed by atoms with Gasteiger partial charge in [-0.3, -0.25) is 5.10 Å². The van der Waals surface area contributed by atoms with Gasteiger partial charge < -0.3 is 10.2 Å². The first-order chi connectivity index (χ1) is 16.5. The van der Waals surface area contributed by atoms with E-state index in [9.17, 15) is 18.4 Å². The number of nitriles is 1.